The quantitative estimate of drug-likeness (QED) is 0.241. The molecule has 0 saturated carbocycles. The van der Waals surface area contributed by atoms with Crippen LogP contribution in [0.3, 0.4) is 0 Å². The number of hydrogen-bond acceptors (Lipinski definition) is 2. The Bertz CT molecular complexity index is 414. The Balaban J connectivity index is 1.83. The van der Waals surface area contributed by atoms with Crippen molar-refractivity contribution in [2.75, 3.05) is 6.61 Å². The van der Waals surface area contributed by atoms with Gasteiger partial charge >= 0.3 is 0 Å². The maximum Gasteiger partial charge on any atom is 0.150 e. The first-order valence-corrected chi connectivity index (χ1v) is 10.0. The molecular weight excluding hydrogens is 296 g/mol. The average molecular weight is 333 g/mol. The first-order chi connectivity index (χ1) is 11.9. The minimum atomic E-state index is 0.679. The molecule has 0 aliphatic heterocycles. The maximum atomic E-state index is 10.7. The molecule has 0 heterocycles. The van der Waals surface area contributed by atoms with E-state index in [4.69, 9.17) is 4.74 Å². The van der Waals surface area contributed by atoms with Gasteiger partial charge in [-0.25, -0.2) is 0 Å². The number of carbonyl (C=O) groups excluding carboxylic acids is 1. The number of rotatable bonds is 16. The molecule has 2 heteroatoms. The Morgan fingerprint density at radius 2 is 1.33 bits per heavy atom. The fourth-order valence-electron chi connectivity index (χ4n) is 2.99. The van der Waals surface area contributed by atoms with E-state index in [1.165, 1.54) is 77.0 Å². The minimum Gasteiger partial charge on any atom is -0.494 e. The largest absolute Gasteiger partial charge is 0.494 e. The average Bonchev–Trinajstić information content (AvgIpc) is 2.62. The van der Waals surface area contributed by atoms with Crippen molar-refractivity contribution >= 4 is 6.29 Å². The summed E-state index contributed by atoms with van der Waals surface area (Å²) in [7, 11) is 0. The topological polar surface area (TPSA) is 26.3 Å². The van der Waals surface area contributed by atoms with Crippen LogP contribution in [-0.2, 0) is 0 Å². The van der Waals surface area contributed by atoms with E-state index < -0.39 is 0 Å². The van der Waals surface area contributed by atoms with Crippen LogP contribution in [0.5, 0.6) is 5.75 Å². The van der Waals surface area contributed by atoms with E-state index in [0.717, 1.165) is 25.1 Å². The zero-order valence-electron chi connectivity index (χ0n) is 15.6. The molecule has 0 fully saturated rings. The van der Waals surface area contributed by atoms with Gasteiger partial charge in [0.2, 0.25) is 0 Å². The molecule has 0 radical (unpaired) electrons. The van der Waals surface area contributed by atoms with Crippen molar-refractivity contribution in [1.82, 2.24) is 0 Å². The standard InChI is InChI=1S/C22H36O2/c1-2-3-4-5-6-7-8-9-10-11-12-13-14-18-24-22-17-15-16-21(19-22)20-23/h15-17,19-20H,2-14,18H2,1H3. The number of unbranched alkanes of at least 4 members (excludes halogenated alkanes) is 12. The van der Waals surface area contributed by atoms with Gasteiger partial charge in [-0.1, -0.05) is 96.1 Å². The van der Waals surface area contributed by atoms with Crippen LogP contribution in [0, 0.1) is 0 Å². The highest BCUT2D eigenvalue weighted by atomic mass is 16.5. The van der Waals surface area contributed by atoms with Gasteiger partial charge in [-0.05, 0) is 18.6 Å². The molecule has 0 atom stereocenters. The second-order valence-electron chi connectivity index (χ2n) is 6.78. The number of ether oxygens (including phenoxy) is 1. The highest BCUT2D eigenvalue weighted by Gasteiger charge is 1.97. The highest BCUT2D eigenvalue weighted by Crippen LogP contribution is 2.14. The third kappa shape index (κ3) is 11.3. The molecule has 2 nitrogen and oxygen atoms in total. The number of benzene rings is 1. The smallest absolute Gasteiger partial charge is 0.150 e. The zero-order valence-corrected chi connectivity index (χ0v) is 15.6. The Kier molecular flexibility index (Phi) is 13.2. The summed E-state index contributed by atoms with van der Waals surface area (Å²) in [4.78, 5) is 10.7. The first-order valence-electron chi connectivity index (χ1n) is 10.0. The monoisotopic (exact) mass is 332 g/mol. The lowest BCUT2D eigenvalue weighted by Crippen LogP contribution is -1.97. The van der Waals surface area contributed by atoms with Crippen LogP contribution in [0.1, 0.15) is 101 Å². The molecule has 136 valence electrons. The third-order valence-corrected chi connectivity index (χ3v) is 4.51. The molecule has 0 aromatic heterocycles. The van der Waals surface area contributed by atoms with E-state index in [1.807, 2.05) is 12.1 Å². The van der Waals surface area contributed by atoms with Crippen LogP contribution in [0.2, 0.25) is 0 Å². The second-order valence-corrected chi connectivity index (χ2v) is 6.78. The van der Waals surface area contributed by atoms with Crippen LogP contribution in [0.4, 0.5) is 0 Å². The summed E-state index contributed by atoms with van der Waals surface area (Å²) in [6, 6.07) is 7.37. The van der Waals surface area contributed by atoms with E-state index in [0.29, 0.717) is 5.56 Å². The summed E-state index contributed by atoms with van der Waals surface area (Å²) < 4.78 is 5.69. The fraction of sp³-hybridized carbons (Fsp3) is 0.682. The van der Waals surface area contributed by atoms with E-state index in [-0.39, 0.29) is 0 Å². The van der Waals surface area contributed by atoms with Gasteiger partial charge in [-0.15, -0.1) is 0 Å². The normalized spacial score (nSPS) is 10.7. The lowest BCUT2D eigenvalue weighted by Gasteiger charge is -2.06. The lowest BCUT2D eigenvalue weighted by atomic mass is 10.0. The summed E-state index contributed by atoms with van der Waals surface area (Å²) in [6.45, 7) is 3.03. The number of aldehydes is 1. The van der Waals surface area contributed by atoms with Crippen molar-refractivity contribution in [1.29, 1.82) is 0 Å². The van der Waals surface area contributed by atoms with Crippen LogP contribution in [0.15, 0.2) is 24.3 Å². The molecule has 0 saturated heterocycles. The van der Waals surface area contributed by atoms with Crippen molar-refractivity contribution in [3.8, 4) is 5.75 Å². The van der Waals surface area contributed by atoms with E-state index in [9.17, 15) is 4.79 Å². The van der Waals surface area contributed by atoms with Crippen LogP contribution in [0.25, 0.3) is 0 Å². The molecular formula is C22H36O2. The van der Waals surface area contributed by atoms with Gasteiger partial charge in [0, 0.05) is 5.56 Å². The Hall–Kier alpha value is -1.31. The van der Waals surface area contributed by atoms with Gasteiger partial charge in [-0.3, -0.25) is 4.79 Å². The summed E-state index contributed by atoms with van der Waals surface area (Å²) >= 11 is 0. The zero-order chi connectivity index (χ0) is 17.3. The number of carbonyl (C=O) groups is 1. The van der Waals surface area contributed by atoms with Crippen LogP contribution >= 0.6 is 0 Å². The predicted molar refractivity (Wildman–Crippen MR) is 103 cm³/mol. The van der Waals surface area contributed by atoms with Crippen molar-refractivity contribution in [2.45, 2.75) is 90.4 Å². The summed E-state index contributed by atoms with van der Waals surface area (Å²) in [5.74, 6) is 0.804. The molecule has 0 aliphatic rings. The SMILES string of the molecule is CCCCCCCCCCCCCCCOc1cccc(C=O)c1. The van der Waals surface area contributed by atoms with Gasteiger partial charge in [-0.2, -0.15) is 0 Å². The second kappa shape index (κ2) is 15.2. The molecule has 0 amide bonds. The molecule has 24 heavy (non-hydrogen) atoms. The van der Waals surface area contributed by atoms with Crippen LogP contribution in [-0.4, -0.2) is 12.9 Å². The van der Waals surface area contributed by atoms with E-state index >= 15 is 0 Å². The summed E-state index contributed by atoms with van der Waals surface area (Å²) in [5, 5.41) is 0. The predicted octanol–water partition coefficient (Wildman–Crippen LogP) is 6.97. The van der Waals surface area contributed by atoms with Crippen molar-refractivity contribution in [2.24, 2.45) is 0 Å². The van der Waals surface area contributed by atoms with Gasteiger partial charge in [0.05, 0.1) is 6.61 Å². The molecule has 0 aliphatic carbocycles. The highest BCUT2D eigenvalue weighted by molar-refractivity contribution is 5.75. The van der Waals surface area contributed by atoms with Gasteiger partial charge in [0.1, 0.15) is 12.0 Å². The maximum absolute atomic E-state index is 10.7. The van der Waals surface area contributed by atoms with Gasteiger partial charge in [0.15, 0.2) is 0 Å². The van der Waals surface area contributed by atoms with Crippen molar-refractivity contribution < 1.29 is 9.53 Å². The van der Waals surface area contributed by atoms with Crippen molar-refractivity contribution in [3.63, 3.8) is 0 Å². The van der Waals surface area contributed by atoms with Gasteiger partial charge < -0.3 is 4.74 Å². The molecule has 1 aromatic carbocycles. The summed E-state index contributed by atoms with van der Waals surface area (Å²) in [6.07, 6.45) is 18.6. The van der Waals surface area contributed by atoms with E-state index in [1.54, 1.807) is 12.1 Å². The van der Waals surface area contributed by atoms with Gasteiger partial charge in [0.25, 0.3) is 0 Å². The molecule has 1 rings (SSSR count). The Morgan fingerprint density at radius 3 is 1.88 bits per heavy atom. The Morgan fingerprint density at radius 1 is 0.792 bits per heavy atom. The van der Waals surface area contributed by atoms with E-state index in [2.05, 4.69) is 6.92 Å². The number of hydrogen-bond donors (Lipinski definition) is 0. The molecule has 0 bridgehead atoms. The molecule has 1 aromatic rings. The molecule has 0 unspecified atom stereocenters. The fourth-order valence-corrected chi connectivity index (χ4v) is 2.99. The van der Waals surface area contributed by atoms with Crippen molar-refractivity contribution in [3.05, 3.63) is 29.8 Å². The first kappa shape index (κ1) is 20.7. The molecule has 0 N–H and O–H groups in total. The van der Waals surface area contributed by atoms with Crippen LogP contribution < -0.4 is 4.74 Å². The third-order valence-electron chi connectivity index (χ3n) is 4.51. The summed E-state index contributed by atoms with van der Waals surface area (Å²) in [5.41, 5.74) is 0.679. The molecule has 0 spiro atoms. The Labute approximate surface area is 149 Å². The lowest BCUT2D eigenvalue weighted by molar-refractivity contribution is 0.112. The minimum absolute atomic E-state index is 0.679.